The zero-order valence-electron chi connectivity index (χ0n) is 11.0. The van der Waals surface area contributed by atoms with Gasteiger partial charge in [-0.15, -0.1) is 0 Å². The lowest BCUT2D eigenvalue weighted by Gasteiger charge is -2.22. The normalized spacial score (nSPS) is 19.3. The Balaban J connectivity index is 2.43. The molecule has 0 saturated heterocycles. The number of aldehydes is 1. The summed E-state index contributed by atoms with van der Waals surface area (Å²) in [5.74, 6) is -1.04. The van der Waals surface area contributed by atoms with E-state index in [1.807, 2.05) is 0 Å². The predicted molar refractivity (Wildman–Crippen MR) is 69.0 cm³/mol. The van der Waals surface area contributed by atoms with Crippen LogP contribution in [0.3, 0.4) is 0 Å². The molecule has 1 aromatic carbocycles. The molecule has 0 saturated carbocycles. The Kier molecular flexibility index (Phi) is 3.66. The number of nitrogens with zero attached hydrogens (tertiary/aromatic N) is 1. The molecular formula is C14H17FN2O2. The van der Waals surface area contributed by atoms with Crippen LogP contribution in [0.15, 0.2) is 12.1 Å². The van der Waals surface area contributed by atoms with E-state index < -0.39 is 11.9 Å². The van der Waals surface area contributed by atoms with Gasteiger partial charge in [0.05, 0.1) is 0 Å². The van der Waals surface area contributed by atoms with Gasteiger partial charge in [-0.25, -0.2) is 4.39 Å². The van der Waals surface area contributed by atoms with E-state index in [0.717, 1.165) is 11.8 Å². The van der Waals surface area contributed by atoms with Crippen LogP contribution in [0.25, 0.3) is 0 Å². The van der Waals surface area contributed by atoms with Crippen molar-refractivity contribution in [1.82, 2.24) is 4.90 Å². The smallest absolute Gasteiger partial charge is 0.239 e. The summed E-state index contributed by atoms with van der Waals surface area (Å²) in [6.07, 6.45) is 1.83. The third-order valence-corrected chi connectivity index (χ3v) is 3.55. The highest BCUT2D eigenvalue weighted by Gasteiger charge is 2.28. The van der Waals surface area contributed by atoms with Crippen molar-refractivity contribution in [3.05, 3.63) is 34.6 Å². The SMILES string of the molecule is CN(C)C(C(N)=O)c1cc(F)c2c(c1)CC(C=O)C2. The van der Waals surface area contributed by atoms with Gasteiger partial charge in [-0.3, -0.25) is 9.69 Å². The molecule has 1 aliphatic rings. The highest BCUT2D eigenvalue weighted by molar-refractivity contribution is 5.81. The number of hydrogen-bond donors (Lipinski definition) is 1. The van der Waals surface area contributed by atoms with E-state index in [2.05, 4.69) is 0 Å². The van der Waals surface area contributed by atoms with Gasteiger partial charge in [0, 0.05) is 5.92 Å². The molecule has 0 radical (unpaired) electrons. The van der Waals surface area contributed by atoms with E-state index in [-0.39, 0.29) is 11.7 Å². The summed E-state index contributed by atoms with van der Waals surface area (Å²) >= 11 is 0. The highest BCUT2D eigenvalue weighted by atomic mass is 19.1. The summed E-state index contributed by atoms with van der Waals surface area (Å²) in [7, 11) is 3.43. The molecule has 0 aliphatic heterocycles. The van der Waals surface area contributed by atoms with Crippen molar-refractivity contribution in [2.24, 2.45) is 11.7 Å². The van der Waals surface area contributed by atoms with E-state index in [1.165, 1.54) is 6.07 Å². The van der Waals surface area contributed by atoms with Crippen LogP contribution in [-0.2, 0) is 22.4 Å². The summed E-state index contributed by atoms with van der Waals surface area (Å²) in [4.78, 5) is 23.9. The van der Waals surface area contributed by atoms with Gasteiger partial charge >= 0.3 is 0 Å². The maximum Gasteiger partial charge on any atom is 0.239 e. The molecule has 0 spiro atoms. The number of likely N-dealkylation sites (N-methyl/N-ethyl adjacent to an activating group) is 1. The van der Waals surface area contributed by atoms with E-state index in [9.17, 15) is 14.0 Å². The summed E-state index contributed by atoms with van der Waals surface area (Å²) in [6, 6.07) is 2.48. The van der Waals surface area contributed by atoms with Crippen LogP contribution in [-0.4, -0.2) is 31.2 Å². The maximum atomic E-state index is 14.1. The van der Waals surface area contributed by atoms with Crippen LogP contribution >= 0.6 is 0 Å². The Morgan fingerprint density at radius 3 is 2.68 bits per heavy atom. The quantitative estimate of drug-likeness (QED) is 0.819. The van der Waals surface area contributed by atoms with E-state index >= 15 is 0 Å². The third kappa shape index (κ3) is 2.51. The number of amides is 1. The van der Waals surface area contributed by atoms with Crippen LogP contribution in [0, 0.1) is 11.7 Å². The van der Waals surface area contributed by atoms with Gasteiger partial charge in [0.2, 0.25) is 5.91 Å². The molecule has 4 nitrogen and oxygen atoms in total. The number of carbonyl (C=O) groups excluding carboxylic acids is 2. The average Bonchev–Trinajstić information content (AvgIpc) is 2.71. The zero-order chi connectivity index (χ0) is 14.2. The summed E-state index contributed by atoms with van der Waals surface area (Å²) in [6.45, 7) is 0. The van der Waals surface area contributed by atoms with Crippen molar-refractivity contribution >= 4 is 12.2 Å². The molecule has 0 aromatic heterocycles. The van der Waals surface area contributed by atoms with Gasteiger partial charge in [0.25, 0.3) is 0 Å². The molecule has 19 heavy (non-hydrogen) atoms. The molecule has 2 rings (SSSR count). The van der Waals surface area contributed by atoms with E-state index in [1.54, 1.807) is 25.1 Å². The number of benzene rings is 1. The topological polar surface area (TPSA) is 63.4 Å². The minimum Gasteiger partial charge on any atom is -0.368 e. The van der Waals surface area contributed by atoms with Crippen molar-refractivity contribution in [2.75, 3.05) is 14.1 Å². The van der Waals surface area contributed by atoms with E-state index in [0.29, 0.717) is 24.0 Å². The number of nitrogens with two attached hydrogens (primary N) is 1. The second-order valence-electron chi connectivity index (χ2n) is 5.21. The van der Waals surface area contributed by atoms with Crippen LogP contribution in [0.2, 0.25) is 0 Å². The number of hydrogen-bond acceptors (Lipinski definition) is 3. The molecule has 0 bridgehead atoms. The highest BCUT2D eigenvalue weighted by Crippen LogP contribution is 2.31. The lowest BCUT2D eigenvalue weighted by molar-refractivity contribution is -0.122. The molecule has 2 unspecified atom stereocenters. The largest absolute Gasteiger partial charge is 0.368 e. The van der Waals surface area contributed by atoms with Crippen LogP contribution < -0.4 is 5.73 Å². The number of fused-ring (bicyclic) bond motifs is 1. The summed E-state index contributed by atoms with van der Waals surface area (Å²) in [5, 5.41) is 0. The van der Waals surface area contributed by atoms with Gasteiger partial charge in [0.15, 0.2) is 0 Å². The molecule has 0 fully saturated rings. The standard InChI is InChI=1S/C14H17FN2O2/c1-17(2)13(14(16)19)10-5-9-3-8(7-18)4-11(9)12(15)6-10/h5-8,13H,3-4H2,1-2H3,(H2,16,19). The van der Waals surface area contributed by atoms with Crippen molar-refractivity contribution in [3.63, 3.8) is 0 Å². The zero-order valence-corrected chi connectivity index (χ0v) is 11.0. The Morgan fingerprint density at radius 1 is 1.47 bits per heavy atom. The molecule has 1 amide bonds. The van der Waals surface area contributed by atoms with Gasteiger partial charge in [-0.2, -0.15) is 0 Å². The monoisotopic (exact) mass is 264 g/mol. The number of rotatable bonds is 4. The second-order valence-corrected chi connectivity index (χ2v) is 5.21. The van der Waals surface area contributed by atoms with Gasteiger partial charge in [0.1, 0.15) is 18.1 Å². The first kappa shape index (κ1) is 13.7. The molecule has 102 valence electrons. The Hall–Kier alpha value is -1.75. The molecule has 0 heterocycles. The van der Waals surface area contributed by atoms with Crippen LogP contribution in [0.4, 0.5) is 4.39 Å². The fourth-order valence-corrected chi connectivity index (χ4v) is 2.72. The minimum absolute atomic E-state index is 0.161. The molecule has 1 aliphatic carbocycles. The fraction of sp³-hybridized carbons (Fsp3) is 0.429. The lowest BCUT2D eigenvalue weighted by Crippen LogP contribution is -2.33. The summed E-state index contributed by atoms with van der Waals surface area (Å²) in [5.41, 5.74) is 7.29. The molecule has 2 N–H and O–H groups in total. The minimum atomic E-state index is -0.657. The number of halogens is 1. The van der Waals surface area contributed by atoms with Crippen molar-refractivity contribution in [2.45, 2.75) is 18.9 Å². The van der Waals surface area contributed by atoms with Gasteiger partial charge < -0.3 is 10.5 Å². The molecule has 5 heteroatoms. The second kappa shape index (κ2) is 5.09. The molecule has 1 aromatic rings. The lowest BCUT2D eigenvalue weighted by atomic mass is 9.99. The molecular weight excluding hydrogens is 247 g/mol. The van der Waals surface area contributed by atoms with Gasteiger partial charge in [-0.05, 0) is 49.7 Å². The summed E-state index contributed by atoms with van der Waals surface area (Å²) < 4.78 is 14.1. The fourth-order valence-electron chi connectivity index (χ4n) is 2.72. The first-order chi connectivity index (χ1) is 8.93. The van der Waals surface area contributed by atoms with Crippen molar-refractivity contribution in [1.29, 1.82) is 0 Å². The molecule has 2 atom stereocenters. The van der Waals surface area contributed by atoms with E-state index in [4.69, 9.17) is 5.73 Å². The Labute approximate surface area is 111 Å². The maximum absolute atomic E-state index is 14.1. The number of primary amides is 1. The van der Waals surface area contributed by atoms with Gasteiger partial charge in [-0.1, -0.05) is 6.07 Å². The first-order valence-corrected chi connectivity index (χ1v) is 6.16. The Morgan fingerprint density at radius 2 is 2.16 bits per heavy atom. The average molecular weight is 264 g/mol. The Bertz CT molecular complexity index is 528. The van der Waals surface area contributed by atoms with Crippen LogP contribution in [0.1, 0.15) is 22.7 Å². The van der Waals surface area contributed by atoms with Crippen LogP contribution in [0.5, 0.6) is 0 Å². The first-order valence-electron chi connectivity index (χ1n) is 6.16. The van der Waals surface area contributed by atoms with Crippen molar-refractivity contribution < 1.29 is 14.0 Å². The third-order valence-electron chi connectivity index (χ3n) is 3.55. The predicted octanol–water partition coefficient (Wildman–Crippen LogP) is 0.827. The number of carbonyl (C=O) groups is 2. The van der Waals surface area contributed by atoms with Crippen molar-refractivity contribution in [3.8, 4) is 0 Å².